The molecule has 2 aliphatic rings. The number of nitriles is 1. The summed E-state index contributed by atoms with van der Waals surface area (Å²) in [5.41, 5.74) is 0. The monoisotopic (exact) mass is 318 g/mol. The summed E-state index contributed by atoms with van der Waals surface area (Å²) in [5.74, 6) is 1.35. The van der Waals surface area contributed by atoms with E-state index < -0.39 is 0 Å². The molecule has 118 valence electrons. The minimum atomic E-state index is 0.00630. The van der Waals surface area contributed by atoms with E-state index in [-0.39, 0.29) is 17.9 Å². The highest BCUT2D eigenvalue weighted by Crippen LogP contribution is 2.40. The molecule has 2 fully saturated rings. The van der Waals surface area contributed by atoms with Crippen LogP contribution in [0.2, 0.25) is 0 Å². The Labute approximate surface area is 135 Å². The van der Waals surface area contributed by atoms with Gasteiger partial charge in [0.1, 0.15) is 0 Å². The molecule has 1 heterocycles. The van der Waals surface area contributed by atoms with Gasteiger partial charge < -0.3 is 10.6 Å². The Hall–Kier alpha value is -1.61. The van der Waals surface area contributed by atoms with Crippen molar-refractivity contribution in [2.45, 2.75) is 57.4 Å². The summed E-state index contributed by atoms with van der Waals surface area (Å²) in [6.45, 7) is 2.32. The summed E-state index contributed by atoms with van der Waals surface area (Å²) in [6, 6.07) is 0.163. The summed E-state index contributed by atoms with van der Waals surface area (Å²) in [7, 11) is 0. The average Bonchev–Trinajstić information content (AvgIpc) is 2.91. The topological polar surface area (TPSA) is 77.8 Å². The maximum Gasteiger partial charge on any atom is 0.229 e. The number of amides is 1. The molecule has 1 amide bonds. The first-order valence-corrected chi connectivity index (χ1v) is 8.90. The second-order valence-corrected chi connectivity index (χ2v) is 7.61. The zero-order chi connectivity index (χ0) is 15.5. The standard InChI is InChI=1S/C16H22N4OS/c1-10-4-2-3-5-13(10)14-8-18-16(22-14)20-15(21)11-6-12(7-11)19-9-17/h8,10-13,19H,2-7H2,1H3,(H,18,20,21)/t10-,11-,12-,13+/m0/s1. The molecular weight excluding hydrogens is 296 g/mol. The molecule has 1 aromatic rings. The maximum atomic E-state index is 12.1. The maximum absolute atomic E-state index is 12.1. The lowest BCUT2D eigenvalue weighted by atomic mass is 9.80. The van der Waals surface area contributed by atoms with E-state index in [2.05, 4.69) is 22.5 Å². The average molecular weight is 318 g/mol. The van der Waals surface area contributed by atoms with Gasteiger partial charge in [0.25, 0.3) is 0 Å². The first-order chi connectivity index (χ1) is 10.7. The molecule has 0 unspecified atom stereocenters. The van der Waals surface area contributed by atoms with Gasteiger partial charge in [0.05, 0.1) is 0 Å². The number of anilines is 1. The molecule has 0 bridgehead atoms. The van der Waals surface area contributed by atoms with Gasteiger partial charge in [0.15, 0.2) is 11.3 Å². The third-order valence-corrected chi connectivity index (χ3v) is 6.05. The van der Waals surface area contributed by atoms with Gasteiger partial charge in [-0.15, -0.1) is 11.3 Å². The Morgan fingerprint density at radius 1 is 1.41 bits per heavy atom. The van der Waals surface area contributed by atoms with Gasteiger partial charge in [-0.1, -0.05) is 26.2 Å². The number of carbonyl (C=O) groups excluding carboxylic acids is 1. The molecule has 6 heteroatoms. The van der Waals surface area contributed by atoms with Crippen LogP contribution in [0.4, 0.5) is 5.13 Å². The number of hydrogen-bond acceptors (Lipinski definition) is 5. The lowest BCUT2D eigenvalue weighted by Gasteiger charge is -2.32. The Kier molecular flexibility index (Phi) is 4.63. The van der Waals surface area contributed by atoms with E-state index in [4.69, 9.17) is 5.26 Å². The van der Waals surface area contributed by atoms with Crippen molar-refractivity contribution in [2.75, 3.05) is 5.32 Å². The van der Waals surface area contributed by atoms with Crippen molar-refractivity contribution in [3.8, 4) is 6.19 Å². The fraction of sp³-hybridized carbons (Fsp3) is 0.688. The fourth-order valence-electron chi connectivity index (χ4n) is 3.50. The van der Waals surface area contributed by atoms with Gasteiger partial charge in [-0.3, -0.25) is 4.79 Å². The van der Waals surface area contributed by atoms with Crippen molar-refractivity contribution >= 4 is 22.4 Å². The lowest BCUT2D eigenvalue weighted by molar-refractivity contribution is -0.122. The van der Waals surface area contributed by atoms with Crippen LogP contribution in [0, 0.1) is 23.3 Å². The lowest BCUT2D eigenvalue weighted by Crippen LogP contribution is -2.44. The van der Waals surface area contributed by atoms with E-state index in [1.807, 2.05) is 12.4 Å². The van der Waals surface area contributed by atoms with E-state index in [0.29, 0.717) is 11.8 Å². The molecule has 22 heavy (non-hydrogen) atoms. The van der Waals surface area contributed by atoms with Crippen LogP contribution in [-0.4, -0.2) is 16.9 Å². The van der Waals surface area contributed by atoms with Crippen LogP contribution in [0.3, 0.4) is 0 Å². The minimum absolute atomic E-state index is 0.00630. The van der Waals surface area contributed by atoms with Gasteiger partial charge >= 0.3 is 0 Å². The summed E-state index contributed by atoms with van der Waals surface area (Å²) in [5, 5.41) is 14.9. The molecule has 2 N–H and O–H groups in total. The highest BCUT2D eigenvalue weighted by Gasteiger charge is 2.35. The number of carbonyl (C=O) groups is 1. The minimum Gasteiger partial charge on any atom is -0.321 e. The summed E-state index contributed by atoms with van der Waals surface area (Å²) >= 11 is 1.62. The van der Waals surface area contributed by atoms with Crippen LogP contribution in [0.25, 0.3) is 0 Å². The van der Waals surface area contributed by atoms with Crippen molar-refractivity contribution < 1.29 is 4.79 Å². The van der Waals surface area contributed by atoms with Gasteiger partial charge in [0.2, 0.25) is 5.91 Å². The van der Waals surface area contributed by atoms with Gasteiger partial charge in [-0.25, -0.2) is 4.98 Å². The van der Waals surface area contributed by atoms with Crippen LogP contribution in [0.5, 0.6) is 0 Å². The highest BCUT2D eigenvalue weighted by molar-refractivity contribution is 7.15. The molecular formula is C16H22N4OS. The quantitative estimate of drug-likeness (QED) is 0.660. The molecule has 0 spiro atoms. The zero-order valence-electron chi connectivity index (χ0n) is 12.8. The third-order valence-electron chi connectivity index (χ3n) is 5.01. The third kappa shape index (κ3) is 3.25. The first-order valence-electron chi connectivity index (χ1n) is 8.08. The normalized spacial score (nSPS) is 30.9. The molecule has 2 atom stereocenters. The first kappa shape index (κ1) is 15.3. The molecule has 0 aromatic carbocycles. The van der Waals surface area contributed by atoms with Crippen LogP contribution in [0.1, 0.15) is 56.2 Å². The van der Waals surface area contributed by atoms with E-state index in [1.165, 1.54) is 30.6 Å². The SMILES string of the molecule is C[C@H]1CCCC[C@H]1c1cnc(NC(=O)[C@H]2C[C@H](NC#N)C2)s1. The smallest absolute Gasteiger partial charge is 0.229 e. The van der Waals surface area contributed by atoms with Crippen molar-refractivity contribution in [1.29, 1.82) is 5.26 Å². The summed E-state index contributed by atoms with van der Waals surface area (Å²) in [4.78, 5) is 17.8. The second-order valence-electron chi connectivity index (χ2n) is 6.55. The number of rotatable bonds is 4. The van der Waals surface area contributed by atoms with Crippen molar-refractivity contribution in [3.05, 3.63) is 11.1 Å². The van der Waals surface area contributed by atoms with Gasteiger partial charge in [0, 0.05) is 23.0 Å². The fourth-order valence-corrected chi connectivity index (χ4v) is 4.59. The van der Waals surface area contributed by atoms with Gasteiger partial charge in [-0.2, -0.15) is 5.26 Å². The largest absolute Gasteiger partial charge is 0.321 e. The molecule has 2 saturated carbocycles. The number of hydrogen-bond donors (Lipinski definition) is 2. The second kappa shape index (κ2) is 6.66. The van der Waals surface area contributed by atoms with E-state index in [9.17, 15) is 4.79 Å². The Balaban J connectivity index is 1.54. The number of nitrogens with one attached hydrogen (secondary N) is 2. The molecule has 1 aromatic heterocycles. The zero-order valence-corrected chi connectivity index (χ0v) is 13.7. The van der Waals surface area contributed by atoms with Crippen LogP contribution in [-0.2, 0) is 4.79 Å². The van der Waals surface area contributed by atoms with Crippen molar-refractivity contribution in [2.24, 2.45) is 11.8 Å². The highest BCUT2D eigenvalue weighted by atomic mass is 32.1. The van der Waals surface area contributed by atoms with Crippen molar-refractivity contribution in [3.63, 3.8) is 0 Å². The molecule has 0 radical (unpaired) electrons. The van der Waals surface area contributed by atoms with Gasteiger partial charge in [-0.05, 0) is 31.1 Å². The van der Waals surface area contributed by atoms with Crippen molar-refractivity contribution in [1.82, 2.24) is 10.3 Å². The molecule has 5 nitrogen and oxygen atoms in total. The Bertz CT molecular complexity index is 573. The molecule has 0 aliphatic heterocycles. The summed E-state index contributed by atoms with van der Waals surface area (Å²) < 4.78 is 0. The number of nitrogens with zero attached hydrogens (tertiary/aromatic N) is 2. The Morgan fingerprint density at radius 2 is 2.18 bits per heavy atom. The van der Waals surface area contributed by atoms with Crippen LogP contribution >= 0.6 is 11.3 Å². The van der Waals surface area contributed by atoms with E-state index in [1.54, 1.807) is 11.3 Å². The molecule has 2 aliphatic carbocycles. The Morgan fingerprint density at radius 3 is 2.91 bits per heavy atom. The molecule has 3 rings (SSSR count). The van der Waals surface area contributed by atoms with E-state index in [0.717, 1.165) is 18.0 Å². The predicted molar refractivity (Wildman–Crippen MR) is 86.4 cm³/mol. The van der Waals surface area contributed by atoms with E-state index >= 15 is 0 Å². The number of aromatic nitrogens is 1. The summed E-state index contributed by atoms with van der Waals surface area (Å²) in [6.07, 6.45) is 10.5. The predicted octanol–water partition coefficient (Wildman–Crippen LogP) is 3.22. The number of thiazole rings is 1. The molecule has 0 saturated heterocycles. The van der Waals surface area contributed by atoms with Crippen LogP contribution in [0.15, 0.2) is 6.20 Å². The van der Waals surface area contributed by atoms with Crippen LogP contribution < -0.4 is 10.6 Å².